The van der Waals surface area contributed by atoms with E-state index in [2.05, 4.69) is 15.3 Å². The lowest BCUT2D eigenvalue weighted by Crippen LogP contribution is -2.06. The van der Waals surface area contributed by atoms with E-state index in [9.17, 15) is 0 Å². The zero-order valence-electron chi connectivity index (χ0n) is 12.8. The van der Waals surface area contributed by atoms with E-state index in [0.29, 0.717) is 17.5 Å². The number of halogens is 1. The molecule has 5 nitrogen and oxygen atoms in total. The third-order valence-corrected chi connectivity index (χ3v) is 4.09. The van der Waals surface area contributed by atoms with Crippen LogP contribution in [0.3, 0.4) is 0 Å². The fraction of sp³-hybridized carbons (Fsp3) is 0.111. The molecule has 0 amide bonds. The molecule has 0 spiro atoms. The van der Waals surface area contributed by atoms with Crippen LogP contribution >= 0.6 is 11.6 Å². The predicted octanol–water partition coefficient (Wildman–Crippen LogP) is 4.14. The highest BCUT2D eigenvalue weighted by molar-refractivity contribution is 6.30. The lowest BCUT2D eigenvalue weighted by Gasteiger charge is -1.99. The molecular formula is C18H15ClN4O. The van der Waals surface area contributed by atoms with E-state index in [4.69, 9.17) is 21.8 Å². The average Bonchev–Trinajstić information content (AvgIpc) is 3.19. The van der Waals surface area contributed by atoms with Crippen LogP contribution in [0.2, 0.25) is 5.02 Å². The summed E-state index contributed by atoms with van der Waals surface area (Å²) in [5, 5.41) is 3.98. The van der Waals surface area contributed by atoms with Crippen LogP contribution in [0.25, 0.3) is 11.5 Å². The van der Waals surface area contributed by atoms with Gasteiger partial charge in [-0.05, 0) is 48.0 Å². The normalized spacial score (nSPS) is 14.6. The monoisotopic (exact) mass is 338 g/mol. The van der Waals surface area contributed by atoms with Gasteiger partial charge in [-0.1, -0.05) is 11.6 Å². The number of nitrogens with zero attached hydrogens (tertiary/aromatic N) is 2. The van der Waals surface area contributed by atoms with E-state index < -0.39 is 0 Å². The summed E-state index contributed by atoms with van der Waals surface area (Å²) in [6.07, 6.45) is 2.39. The van der Waals surface area contributed by atoms with Gasteiger partial charge in [-0.25, -0.2) is 4.98 Å². The Labute approximate surface area is 144 Å². The Balaban J connectivity index is 1.46. The Morgan fingerprint density at radius 1 is 1.21 bits per heavy atom. The maximum Gasteiger partial charge on any atom is 0.226 e. The number of aromatic nitrogens is 1. The average molecular weight is 339 g/mol. The maximum absolute atomic E-state index is 5.89. The molecule has 0 atom stereocenters. The van der Waals surface area contributed by atoms with Crippen LogP contribution in [0.4, 0.5) is 11.4 Å². The number of nitrogen functional groups attached to an aromatic ring is 1. The van der Waals surface area contributed by atoms with Crippen molar-refractivity contribution in [2.75, 3.05) is 11.1 Å². The summed E-state index contributed by atoms with van der Waals surface area (Å²) in [5.74, 6) is 1.48. The van der Waals surface area contributed by atoms with Gasteiger partial charge in [-0.15, -0.1) is 0 Å². The highest BCUT2D eigenvalue weighted by atomic mass is 35.5. The molecule has 6 heteroatoms. The minimum Gasteiger partial charge on any atom is -0.444 e. The Bertz CT molecular complexity index is 915. The van der Waals surface area contributed by atoms with E-state index in [-0.39, 0.29) is 0 Å². The first kappa shape index (κ1) is 14.8. The first-order valence-corrected chi connectivity index (χ1v) is 7.94. The van der Waals surface area contributed by atoms with Gasteiger partial charge in [0, 0.05) is 28.4 Å². The molecule has 2 heterocycles. The van der Waals surface area contributed by atoms with E-state index >= 15 is 0 Å². The third kappa shape index (κ3) is 2.98. The molecule has 24 heavy (non-hydrogen) atoms. The summed E-state index contributed by atoms with van der Waals surface area (Å²) in [5.41, 5.74) is 10.5. The Hall–Kier alpha value is -2.79. The number of hydrogen-bond donors (Lipinski definition) is 2. The van der Waals surface area contributed by atoms with Crippen molar-refractivity contribution in [3.63, 3.8) is 0 Å². The minimum atomic E-state index is 0.461. The number of benzene rings is 2. The molecule has 4 rings (SSSR count). The minimum absolute atomic E-state index is 0.461. The summed E-state index contributed by atoms with van der Waals surface area (Å²) in [7, 11) is 0. The Morgan fingerprint density at radius 3 is 2.88 bits per heavy atom. The number of fused-ring (bicyclic) bond motifs is 1. The van der Waals surface area contributed by atoms with Gasteiger partial charge < -0.3 is 15.5 Å². The second-order valence-electron chi connectivity index (χ2n) is 5.63. The van der Waals surface area contributed by atoms with Gasteiger partial charge in [0.15, 0.2) is 0 Å². The van der Waals surface area contributed by atoms with E-state index in [1.165, 1.54) is 0 Å². The molecule has 120 valence electrons. The van der Waals surface area contributed by atoms with Gasteiger partial charge in [-0.3, -0.25) is 4.99 Å². The molecule has 2 aromatic carbocycles. The molecule has 0 bridgehead atoms. The number of oxazole rings is 1. The molecular weight excluding hydrogens is 324 g/mol. The molecule has 0 saturated heterocycles. The highest BCUT2D eigenvalue weighted by Gasteiger charge is 2.16. The summed E-state index contributed by atoms with van der Waals surface area (Å²) in [6.45, 7) is 0.461. The third-order valence-electron chi connectivity index (χ3n) is 3.84. The molecule has 1 aliphatic rings. The van der Waals surface area contributed by atoms with Gasteiger partial charge in [0.2, 0.25) is 5.89 Å². The molecule has 3 N–H and O–H groups in total. The van der Waals surface area contributed by atoms with E-state index in [1.54, 1.807) is 6.26 Å². The second kappa shape index (κ2) is 6.02. The van der Waals surface area contributed by atoms with E-state index in [1.807, 2.05) is 42.5 Å². The number of nitrogens with one attached hydrogen (secondary N) is 1. The van der Waals surface area contributed by atoms with Crippen molar-refractivity contribution in [3.05, 3.63) is 65.0 Å². The second-order valence-corrected chi connectivity index (χ2v) is 6.07. The van der Waals surface area contributed by atoms with Crippen molar-refractivity contribution >= 4 is 28.8 Å². The fourth-order valence-corrected chi connectivity index (χ4v) is 2.76. The van der Waals surface area contributed by atoms with Gasteiger partial charge >= 0.3 is 0 Å². The van der Waals surface area contributed by atoms with E-state index in [0.717, 1.165) is 40.5 Å². The molecule has 0 aliphatic carbocycles. The number of amidine groups is 1. The zero-order valence-corrected chi connectivity index (χ0v) is 13.5. The Kier molecular flexibility index (Phi) is 3.70. The smallest absolute Gasteiger partial charge is 0.226 e. The van der Waals surface area contributed by atoms with Crippen LogP contribution in [0, 0.1) is 0 Å². The largest absolute Gasteiger partial charge is 0.444 e. The lowest BCUT2D eigenvalue weighted by molar-refractivity contribution is 0.572. The van der Waals surface area contributed by atoms with Crippen LogP contribution in [0.15, 0.2) is 58.1 Å². The number of anilines is 2. The first-order chi connectivity index (χ1) is 11.7. The molecule has 3 aromatic rings. The zero-order chi connectivity index (χ0) is 16.5. The molecule has 0 unspecified atom stereocenters. The number of rotatable bonds is 3. The quantitative estimate of drug-likeness (QED) is 0.703. The van der Waals surface area contributed by atoms with Crippen molar-refractivity contribution in [3.8, 4) is 11.5 Å². The van der Waals surface area contributed by atoms with Crippen LogP contribution in [0.1, 0.15) is 11.3 Å². The molecule has 1 aliphatic heterocycles. The number of nitrogens with two attached hydrogens (primary N) is 1. The summed E-state index contributed by atoms with van der Waals surface area (Å²) in [6, 6.07) is 13.2. The number of aliphatic imine (C=N–C) groups is 1. The highest BCUT2D eigenvalue weighted by Crippen LogP contribution is 2.26. The summed E-state index contributed by atoms with van der Waals surface area (Å²) in [4.78, 5) is 9.05. The van der Waals surface area contributed by atoms with Crippen molar-refractivity contribution < 1.29 is 4.42 Å². The summed E-state index contributed by atoms with van der Waals surface area (Å²) >= 11 is 5.89. The van der Waals surface area contributed by atoms with Gasteiger partial charge in [0.1, 0.15) is 17.8 Å². The fourth-order valence-electron chi connectivity index (χ4n) is 2.64. The van der Waals surface area contributed by atoms with Gasteiger partial charge in [0.25, 0.3) is 0 Å². The van der Waals surface area contributed by atoms with Crippen LogP contribution in [-0.2, 0) is 13.0 Å². The first-order valence-electron chi connectivity index (χ1n) is 7.56. The van der Waals surface area contributed by atoms with Crippen molar-refractivity contribution in [2.24, 2.45) is 4.99 Å². The SMILES string of the molecule is Nc1ccc2c(c1)CC(=NCc1coc(-c3ccc(Cl)cc3)n1)N2. The predicted molar refractivity (Wildman–Crippen MR) is 96.3 cm³/mol. The number of hydrogen-bond acceptors (Lipinski definition) is 4. The molecule has 1 aromatic heterocycles. The van der Waals surface area contributed by atoms with Crippen molar-refractivity contribution in [1.82, 2.24) is 4.98 Å². The Morgan fingerprint density at radius 2 is 2.04 bits per heavy atom. The van der Waals surface area contributed by atoms with Gasteiger partial charge in [0.05, 0.1) is 6.54 Å². The molecule has 0 saturated carbocycles. The van der Waals surface area contributed by atoms with Crippen LogP contribution in [0.5, 0.6) is 0 Å². The van der Waals surface area contributed by atoms with Crippen LogP contribution in [-0.4, -0.2) is 10.8 Å². The van der Waals surface area contributed by atoms with Crippen molar-refractivity contribution in [1.29, 1.82) is 0 Å². The standard InChI is InChI=1S/C18H15ClN4O/c19-13-3-1-11(2-4-13)18-22-15(10-24-18)9-21-17-8-12-7-14(20)5-6-16(12)23-17/h1-7,10H,8-9,20H2,(H,21,23). The summed E-state index contributed by atoms with van der Waals surface area (Å²) < 4.78 is 5.52. The topological polar surface area (TPSA) is 76.4 Å². The molecule has 0 radical (unpaired) electrons. The van der Waals surface area contributed by atoms with Crippen LogP contribution < -0.4 is 11.1 Å². The van der Waals surface area contributed by atoms with Gasteiger partial charge in [-0.2, -0.15) is 0 Å². The molecule has 0 fully saturated rings. The lowest BCUT2D eigenvalue weighted by atomic mass is 10.1. The maximum atomic E-state index is 5.89. The van der Waals surface area contributed by atoms with Crippen molar-refractivity contribution in [2.45, 2.75) is 13.0 Å².